The Balaban J connectivity index is 1.93. The Morgan fingerprint density at radius 2 is 2.06 bits per heavy atom. The maximum Gasteiger partial charge on any atom is 0.134 e. The van der Waals surface area contributed by atoms with E-state index in [4.69, 9.17) is 4.42 Å². The van der Waals surface area contributed by atoms with Gasteiger partial charge in [-0.25, -0.2) is 0 Å². The van der Waals surface area contributed by atoms with Gasteiger partial charge in [0.1, 0.15) is 5.58 Å². The lowest BCUT2D eigenvalue weighted by Crippen LogP contribution is -1.91. The van der Waals surface area contributed by atoms with Crippen LogP contribution in [0.4, 0.5) is 0 Å². The number of fused-ring (bicyclic) bond motifs is 1. The van der Waals surface area contributed by atoms with Gasteiger partial charge in [-0.3, -0.25) is 0 Å². The smallest absolute Gasteiger partial charge is 0.134 e. The van der Waals surface area contributed by atoms with Crippen LogP contribution in [-0.2, 0) is 6.42 Å². The molecule has 0 fully saturated rings. The summed E-state index contributed by atoms with van der Waals surface area (Å²) >= 11 is 5.55. The Morgan fingerprint density at radius 3 is 2.88 bits per heavy atom. The van der Waals surface area contributed by atoms with Crippen molar-refractivity contribution in [1.29, 1.82) is 0 Å². The van der Waals surface area contributed by atoms with E-state index in [9.17, 15) is 0 Å². The SMILES string of the molecule is BrC(Cc1cccs1)c1coc2ccccc12. The summed E-state index contributed by atoms with van der Waals surface area (Å²) in [6.07, 6.45) is 2.86. The van der Waals surface area contributed by atoms with E-state index in [1.165, 1.54) is 15.8 Å². The van der Waals surface area contributed by atoms with E-state index in [2.05, 4.69) is 39.5 Å². The molecule has 1 nitrogen and oxygen atoms in total. The van der Waals surface area contributed by atoms with Crippen molar-refractivity contribution in [2.75, 3.05) is 0 Å². The first-order valence-electron chi connectivity index (χ1n) is 5.47. The number of alkyl halides is 1. The zero-order valence-electron chi connectivity index (χ0n) is 9.10. The number of benzene rings is 1. The fourth-order valence-electron chi connectivity index (χ4n) is 1.96. The molecule has 0 bridgehead atoms. The summed E-state index contributed by atoms with van der Waals surface area (Å²) in [5.74, 6) is 0. The van der Waals surface area contributed by atoms with Crippen LogP contribution in [0.1, 0.15) is 15.3 Å². The van der Waals surface area contributed by atoms with Crippen molar-refractivity contribution in [3.8, 4) is 0 Å². The normalized spacial score (nSPS) is 13.0. The summed E-state index contributed by atoms with van der Waals surface area (Å²) in [6.45, 7) is 0. The zero-order chi connectivity index (χ0) is 11.7. The molecule has 17 heavy (non-hydrogen) atoms. The molecule has 0 saturated carbocycles. The summed E-state index contributed by atoms with van der Waals surface area (Å²) in [4.78, 5) is 1.70. The highest BCUT2D eigenvalue weighted by Gasteiger charge is 2.14. The highest BCUT2D eigenvalue weighted by atomic mass is 79.9. The van der Waals surface area contributed by atoms with Gasteiger partial charge in [0.2, 0.25) is 0 Å². The molecule has 0 radical (unpaired) electrons. The summed E-state index contributed by atoms with van der Waals surface area (Å²) in [7, 11) is 0. The molecule has 0 spiro atoms. The fourth-order valence-corrected chi connectivity index (χ4v) is 3.63. The van der Waals surface area contributed by atoms with Gasteiger partial charge in [-0.05, 0) is 23.9 Å². The van der Waals surface area contributed by atoms with Crippen molar-refractivity contribution >= 4 is 38.2 Å². The molecule has 2 heterocycles. The standard InChI is InChI=1S/C14H11BrOS/c15-13(8-10-4-3-7-17-10)12-9-16-14-6-2-1-5-11(12)14/h1-7,9,13H,8H2. The maximum absolute atomic E-state index is 5.56. The van der Waals surface area contributed by atoms with Crippen molar-refractivity contribution < 1.29 is 4.42 Å². The number of halogens is 1. The summed E-state index contributed by atoms with van der Waals surface area (Å²) < 4.78 is 5.56. The summed E-state index contributed by atoms with van der Waals surface area (Å²) in [5.41, 5.74) is 2.19. The topological polar surface area (TPSA) is 13.1 Å². The number of hydrogen-bond donors (Lipinski definition) is 0. The zero-order valence-corrected chi connectivity index (χ0v) is 11.5. The number of hydrogen-bond acceptors (Lipinski definition) is 2. The third kappa shape index (κ3) is 2.17. The molecule has 0 aliphatic heterocycles. The second kappa shape index (κ2) is 4.67. The predicted octanol–water partition coefficient (Wildman–Crippen LogP) is 5.17. The van der Waals surface area contributed by atoms with E-state index in [1.54, 1.807) is 11.3 Å². The Morgan fingerprint density at radius 1 is 1.18 bits per heavy atom. The van der Waals surface area contributed by atoms with Gasteiger partial charge in [-0.15, -0.1) is 11.3 Å². The van der Waals surface area contributed by atoms with Gasteiger partial charge >= 0.3 is 0 Å². The molecule has 3 aromatic rings. The van der Waals surface area contributed by atoms with Crippen LogP contribution >= 0.6 is 27.3 Å². The van der Waals surface area contributed by atoms with Crippen molar-refractivity contribution in [3.63, 3.8) is 0 Å². The third-order valence-electron chi connectivity index (χ3n) is 2.81. The first-order chi connectivity index (χ1) is 8.34. The largest absolute Gasteiger partial charge is 0.464 e. The van der Waals surface area contributed by atoms with Gasteiger partial charge in [0.05, 0.1) is 6.26 Å². The second-order valence-corrected chi connectivity index (χ2v) is 6.08. The van der Waals surface area contributed by atoms with E-state index < -0.39 is 0 Å². The molecule has 1 unspecified atom stereocenters. The summed E-state index contributed by atoms with van der Waals surface area (Å²) in [6, 6.07) is 12.4. The van der Waals surface area contributed by atoms with Gasteiger partial charge < -0.3 is 4.42 Å². The monoisotopic (exact) mass is 306 g/mol. The molecule has 2 aromatic heterocycles. The number of rotatable bonds is 3. The van der Waals surface area contributed by atoms with E-state index >= 15 is 0 Å². The lowest BCUT2D eigenvalue weighted by molar-refractivity contribution is 0.610. The van der Waals surface area contributed by atoms with Gasteiger partial charge in [-0.2, -0.15) is 0 Å². The number of thiophene rings is 1. The minimum Gasteiger partial charge on any atom is -0.464 e. The number of furan rings is 1. The van der Waals surface area contributed by atoms with E-state index in [-0.39, 0.29) is 0 Å². The Hall–Kier alpha value is -1.06. The van der Waals surface area contributed by atoms with Crippen LogP contribution in [0.15, 0.2) is 52.5 Å². The minimum atomic E-state index is 0.310. The average molecular weight is 307 g/mol. The van der Waals surface area contributed by atoms with Gasteiger partial charge in [0.15, 0.2) is 0 Å². The van der Waals surface area contributed by atoms with E-state index in [0.29, 0.717) is 4.83 Å². The molecule has 1 aromatic carbocycles. The molecule has 0 aliphatic carbocycles. The Kier molecular flexibility index (Phi) is 3.04. The van der Waals surface area contributed by atoms with Crippen LogP contribution in [0.3, 0.4) is 0 Å². The molecule has 3 rings (SSSR count). The number of para-hydroxylation sites is 1. The fraction of sp³-hybridized carbons (Fsp3) is 0.143. The van der Waals surface area contributed by atoms with Crippen LogP contribution in [0.5, 0.6) is 0 Å². The second-order valence-electron chi connectivity index (χ2n) is 3.94. The van der Waals surface area contributed by atoms with Crippen LogP contribution < -0.4 is 0 Å². The molecule has 0 saturated heterocycles. The first kappa shape index (κ1) is 11.1. The van der Waals surface area contributed by atoms with Crippen molar-refractivity contribution in [1.82, 2.24) is 0 Å². The molecule has 1 atom stereocenters. The average Bonchev–Trinajstić information content (AvgIpc) is 2.96. The lowest BCUT2D eigenvalue weighted by Gasteiger charge is -2.06. The quantitative estimate of drug-likeness (QED) is 0.608. The van der Waals surface area contributed by atoms with Crippen molar-refractivity contribution in [2.45, 2.75) is 11.2 Å². The molecule has 86 valence electrons. The predicted molar refractivity (Wildman–Crippen MR) is 75.9 cm³/mol. The summed E-state index contributed by atoms with van der Waals surface area (Å²) in [5, 5.41) is 3.31. The molecule has 0 amide bonds. The molecular formula is C14H11BrOS. The van der Waals surface area contributed by atoms with Crippen molar-refractivity contribution in [3.05, 3.63) is 58.5 Å². The highest BCUT2D eigenvalue weighted by Crippen LogP contribution is 2.34. The van der Waals surface area contributed by atoms with Crippen LogP contribution in [0.2, 0.25) is 0 Å². The Labute approximate surface area is 112 Å². The van der Waals surface area contributed by atoms with Crippen LogP contribution in [-0.4, -0.2) is 0 Å². The molecular weight excluding hydrogens is 296 g/mol. The van der Waals surface area contributed by atoms with Crippen molar-refractivity contribution in [2.24, 2.45) is 0 Å². The lowest BCUT2D eigenvalue weighted by atomic mass is 10.1. The van der Waals surface area contributed by atoms with Crippen LogP contribution in [0.25, 0.3) is 11.0 Å². The van der Waals surface area contributed by atoms with E-state index in [0.717, 1.165) is 12.0 Å². The Bertz CT molecular complexity index is 612. The molecule has 3 heteroatoms. The third-order valence-corrected chi connectivity index (χ3v) is 4.52. The van der Waals surface area contributed by atoms with Gasteiger partial charge in [0.25, 0.3) is 0 Å². The molecule has 0 aliphatic rings. The van der Waals surface area contributed by atoms with E-state index in [1.807, 2.05) is 24.5 Å². The first-order valence-corrected chi connectivity index (χ1v) is 7.27. The van der Waals surface area contributed by atoms with Gasteiger partial charge in [-0.1, -0.05) is 40.2 Å². The van der Waals surface area contributed by atoms with Gasteiger partial charge in [0, 0.05) is 20.7 Å². The highest BCUT2D eigenvalue weighted by molar-refractivity contribution is 9.09. The molecule has 0 N–H and O–H groups in total. The maximum atomic E-state index is 5.56. The van der Waals surface area contributed by atoms with Crippen LogP contribution in [0, 0.1) is 0 Å². The minimum absolute atomic E-state index is 0.310.